The van der Waals surface area contributed by atoms with Crippen molar-refractivity contribution in [2.45, 2.75) is 51.4 Å². The second-order valence-corrected chi connectivity index (χ2v) is 10.6. The Morgan fingerprint density at radius 3 is 2.74 bits per heavy atom. The van der Waals surface area contributed by atoms with Crippen LogP contribution in [0.25, 0.3) is 16.9 Å². The molecule has 1 aliphatic heterocycles. The van der Waals surface area contributed by atoms with Gasteiger partial charge in [-0.05, 0) is 65.6 Å². The monoisotopic (exact) mass is 525 g/mol. The van der Waals surface area contributed by atoms with Crippen LogP contribution in [0.3, 0.4) is 0 Å². The number of likely N-dealkylation sites (tertiary alicyclic amines) is 1. The zero-order valence-corrected chi connectivity index (χ0v) is 21.0. The maximum absolute atomic E-state index is 13.0. The van der Waals surface area contributed by atoms with Crippen LogP contribution in [0.2, 0.25) is 0 Å². The Hall–Kier alpha value is -2.61. The van der Waals surface area contributed by atoms with Crippen LogP contribution in [-0.2, 0) is 4.79 Å². The number of hydrogen-bond acceptors (Lipinski definition) is 5. The van der Waals surface area contributed by atoms with Gasteiger partial charge in [0.1, 0.15) is 11.6 Å². The molecule has 5 rings (SSSR count). The van der Waals surface area contributed by atoms with Gasteiger partial charge < -0.3 is 15.3 Å². The quantitative estimate of drug-likeness (QED) is 0.444. The van der Waals surface area contributed by atoms with Crippen molar-refractivity contribution in [3.63, 3.8) is 0 Å². The van der Waals surface area contributed by atoms with Crippen LogP contribution in [0.1, 0.15) is 51.4 Å². The van der Waals surface area contributed by atoms with E-state index in [1.807, 2.05) is 18.2 Å². The molecular weight excluding hydrogens is 494 g/mol. The van der Waals surface area contributed by atoms with Crippen LogP contribution in [0.4, 0.5) is 5.82 Å². The molecule has 1 aromatic carbocycles. The lowest BCUT2D eigenvalue weighted by molar-refractivity contribution is -0.134. The molecule has 0 spiro atoms. The Bertz CT molecular complexity index is 1160. The lowest BCUT2D eigenvalue weighted by Crippen LogP contribution is -2.42. The smallest absolute Gasteiger partial charge is 0.222 e. The molecule has 3 heterocycles. The lowest BCUT2D eigenvalue weighted by atomic mass is 9.86. The third-order valence-corrected chi connectivity index (χ3v) is 7.80. The maximum atomic E-state index is 13.0. The number of amides is 1. The summed E-state index contributed by atoms with van der Waals surface area (Å²) in [5, 5.41) is 18.4. The fourth-order valence-electron chi connectivity index (χ4n) is 5.36. The van der Waals surface area contributed by atoms with Crippen molar-refractivity contribution >= 4 is 33.3 Å². The third kappa shape index (κ3) is 5.06. The van der Waals surface area contributed by atoms with Gasteiger partial charge in [-0.25, -0.2) is 4.98 Å². The second kappa shape index (κ2) is 10.3. The Labute approximate surface area is 208 Å². The minimum absolute atomic E-state index is 0.195. The standard InChI is InChI=1S/C26H32BrN5O2/c27-21-16-29-32-24(14-22(30-26(21)32)20-10-4-5-11-23(20)33)28-15-19-9-6-12-31(17-19)25(34)13-18-7-2-1-3-8-18/h4-5,10-11,14,16,18-19,28,33H,1-3,6-9,12-13,15,17H2. The summed E-state index contributed by atoms with van der Waals surface area (Å²) in [4.78, 5) is 19.8. The van der Waals surface area contributed by atoms with Crippen LogP contribution in [0.15, 0.2) is 41.0 Å². The van der Waals surface area contributed by atoms with Gasteiger partial charge in [-0.15, -0.1) is 0 Å². The number of phenols is 1. The van der Waals surface area contributed by atoms with E-state index in [9.17, 15) is 9.90 Å². The number of fused-ring (bicyclic) bond motifs is 1. The molecule has 34 heavy (non-hydrogen) atoms. The molecule has 2 aromatic heterocycles. The highest BCUT2D eigenvalue weighted by molar-refractivity contribution is 9.10. The van der Waals surface area contributed by atoms with Crippen LogP contribution < -0.4 is 5.32 Å². The predicted octanol–water partition coefficient (Wildman–Crippen LogP) is 5.49. The van der Waals surface area contributed by atoms with E-state index in [1.165, 1.54) is 32.1 Å². The average molecular weight is 526 g/mol. The average Bonchev–Trinajstić information content (AvgIpc) is 3.24. The minimum Gasteiger partial charge on any atom is -0.507 e. The Morgan fingerprint density at radius 2 is 1.91 bits per heavy atom. The number of nitrogens with one attached hydrogen (secondary N) is 1. The molecule has 1 saturated carbocycles. The van der Waals surface area contributed by atoms with Gasteiger partial charge in [-0.1, -0.05) is 31.4 Å². The first-order valence-electron chi connectivity index (χ1n) is 12.4. The number of piperidine rings is 1. The Morgan fingerprint density at radius 1 is 1.12 bits per heavy atom. The molecule has 3 aromatic rings. The fraction of sp³-hybridized carbons (Fsp3) is 0.500. The van der Waals surface area contributed by atoms with E-state index in [0.717, 1.165) is 49.2 Å². The van der Waals surface area contributed by atoms with E-state index in [4.69, 9.17) is 4.98 Å². The zero-order valence-electron chi connectivity index (χ0n) is 19.4. The maximum Gasteiger partial charge on any atom is 0.222 e. The number of carbonyl (C=O) groups is 1. The molecule has 1 amide bonds. The summed E-state index contributed by atoms with van der Waals surface area (Å²) in [7, 11) is 0. The number of phenolic OH excluding ortho intramolecular Hbond substituents is 1. The van der Waals surface area contributed by atoms with Crippen molar-refractivity contribution in [2.75, 3.05) is 25.0 Å². The predicted molar refractivity (Wildman–Crippen MR) is 137 cm³/mol. The molecule has 2 N–H and O–H groups in total. The zero-order chi connectivity index (χ0) is 23.5. The van der Waals surface area contributed by atoms with Gasteiger partial charge in [0.15, 0.2) is 5.65 Å². The topological polar surface area (TPSA) is 82.8 Å². The fourth-order valence-corrected chi connectivity index (χ4v) is 5.71. The highest BCUT2D eigenvalue weighted by atomic mass is 79.9. The molecule has 1 saturated heterocycles. The number of aromatic hydroxyl groups is 1. The Kier molecular flexibility index (Phi) is 7.04. The van der Waals surface area contributed by atoms with Crippen molar-refractivity contribution in [1.29, 1.82) is 0 Å². The van der Waals surface area contributed by atoms with E-state index in [0.29, 0.717) is 34.6 Å². The molecule has 2 aliphatic rings. The largest absolute Gasteiger partial charge is 0.507 e. The normalized spacial score (nSPS) is 19.4. The SMILES string of the molecule is O=C(CC1CCCCC1)N1CCCC(CNc2cc(-c3ccccc3O)nc3c(Br)cnn23)C1. The highest BCUT2D eigenvalue weighted by Crippen LogP contribution is 2.32. The summed E-state index contributed by atoms with van der Waals surface area (Å²) in [6.45, 7) is 2.44. The molecule has 0 bridgehead atoms. The van der Waals surface area contributed by atoms with E-state index in [2.05, 4.69) is 31.2 Å². The number of carbonyl (C=O) groups excluding carboxylic acids is 1. The van der Waals surface area contributed by atoms with Crippen molar-refractivity contribution in [3.8, 4) is 17.0 Å². The van der Waals surface area contributed by atoms with Crippen LogP contribution in [0, 0.1) is 11.8 Å². The first-order valence-corrected chi connectivity index (χ1v) is 13.2. The van der Waals surface area contributed by atoms with Crippen LogP contribution in [0.5, 0.6) is 5.75 Å². The number of hydrogen-bond donors (Lipinski definition) is 2. The van der Waals surface area contributed by atoms with Crippen LogP contribution in [-0.4, -0.2) is 50.1 Å². The van der Waals surface area contributed by atoms with E-state index in [1.54, 1.807) is 22.8 Å². The first kappa shape index (κ1) is 23.1. The summed E-state index contributed by atoms with van der Waals surface area (Å²) in [6, 6.07) is 9.15. The summed E-state index contributed by atoms with van der Waals surface area (Å²) in [6.07, 6.45) is 10.9. The van der Waals surface area contributed by atoms with E-state index < -0.39 is 0 Å². The molecule has 2 fully saturated rings. The highest BCUT2D eigenvalue weighted by Gasteiger charge is 2.26. The molecule has 180 valence electrons. The van der Waals surface area contributed by atoms with Gasteiger partial charge in [-0.3, -0.25) is 4.79 Å². The van der Waals surface area contributed by atoms with Crippen molar-refractivity contribution in [2.24, 2.45) is 11.8 Å². The van der Waals surface area contributed by atoms with Gasteiger partial charge in [0.2, 0.25) is 5.91 Å². The summed E-state index contributed by atoms with van der Waals surface area (Å²) in [5.41, 5.74) is 2.05. The number of benzene rings is 1. The minimum atomic E-state index is 0.195. The van der Waals surface area contributed by atoms with E-state index in [-0.39, 0.29) is 5.75 Å². The number of rotatable bonds is 6. The van der Waals surface area contributed by atoms with E-state index >= 15 is 0 Å². The third-order valence-electron chi connectivity index (χ3n) is 7.24. The summed E-state index contributed by atoms with van der Waals surface area (Å²) in [5.74, 6) is 2.32. The second-order valence-electron chi connectivity index (χ2n) is 9.71. The van der Waals surface area contributed by atoms with Gasteiger partial charge in [-0.2, -0.15) is 9.61 Å². The molecule has 7 nitrogen and oxygen atoms in total. The van der Waals surface area contributed by atoms with Gasteiger partial charge in [0.05, 0.1) is 16.4 Å². The molecule has 8 heteroatoms. The number of para-hydroxylation sites is 1. The first-order chi connectivity index (χ1) is 16.6. The van der Waals surface area contributed by atoms with Crippen LogP contribution >= 0.6 is 15.9 Å². The number of halogens is 1. The van der Waals surface area contributed by atoms with Gasteiger partial charge in [0, 0.05) is 37.7 Å². The Balaban J connectivity index is 1.29. The number of aromatic nitrogens is 3. The number of anilines is 1. The number of nitrogens with zero attached hydrogens (tertiary/aromatic N) is 4. The van der Waals surface area contributed by atoms with Gasteiger partial charge in [0.25, 0.3) is 0 Å². The summed E-state index contributed by atoms with van der Waals surface area (Å²) >= 11 is 3.54. The lowest BCUT2D eigenvalue weighted by Gasteiger charge is -2.34. The van der Waals surface area contributed by atoms with Gasteiger partial charge >= 0.3 is 0 Å². The molecule has 1 aliphatic carbocycles. The summed E-state index contributed by atoms with van der Waals surface area (Å²) < 4.78 is 2.58. The van der Waals surface area contributed by atoms with Crippen molar-refractivity contribution in [3.05, 3.63) is 41.0 Å². The molecule has 0 radical (unpaired) electrons. The van der Waals surface area contributed by atoms with Crippen molar-refractivity contribution in [1.82, 2.24) is 19.5 Å². The molecule has 1 atom stereocenters. The molecule has 1 unspecified atom stereocenters. The van der Waals surface area contributed by atoms with Crippen molar-refractivity contribution < 1.29 is 9.90 Å². The molecular formula is C26H32BrN5O2.